The molecule has 2 aromatic rings. The Balaban J connectivity index is 1.56. The van der Waals surface area contributed by atoms with Gasteiger partial charge in [-0.15, -0.1) is 0 Å². The van der Waals surface area contributed by atoms with Crippen LogP contribution >= 0.6 is 0 Å². The number of hydrogen-bond donors (Lipinski definition) is 2. The lowest BCUT2D eigenvalue weighted by atomic mass is 9.98. The highest BCUT2D eigenvalue weighted by Crippen LogP contribution is 2.26. The van der Waals surface area contributed by atoms with Crippen molar-refractivity contribution in [1.82, 2.24) is 10.2 Å². The van der Waals surface area contributed by atoms with Crippen molar-refractivity contribution in [2.45, 2.75) is 25.4 Å². The number of fused-ring (bicyclic) bond motifs is 1. The van der Waals surface area contributed by atoms with E-state index in [0.717, 1.165) is 23.2 Å². The van der Waals surface area contributed by atoms with Crippen LogP contribution in [0.2, 0.25) is 0 Å². The number of anilines is 1. The second-order valence-corrected chi connectivity index (χ2v) is 7.09. The van der Waals surface area contributed by atoms with Crippen LogP contribution in [0.1, 0.15) is 29.2 Å². The highest BCUT2D eigenvalue weighted by Gasteiger charge is 2.21. The Morgan fingerprint density at radius 2 is 1.86 bits per heavy atom. The predicted octanol–water partition coefficient (Wildman–Crippen LogP) is 3.14. The van der Waals surface area contributed by atoms with Crippen LogP contribution in [0.3, 0.4) is 0 Å². The quantitative estimate of drug-likeness (QED) is 0.808. The van der Waals surface area contributed by atoms with E-state index in [0.29, 0.717) is 26.0 Å². The molecule has 1 atom stereocenters. The van der Waals surface area contributed by atoms with Crippen molar-refractivity contribution < 1.29 is 14.3 Å². The van der Waals surface area contributed by atoms with Gasteiger partial charge in [0.15, 0.2) is 0 Å². The Bertz CT molecular complexity index is 835. The molecular formula is C22H27N3O3. The first-order valence-corrected chi connectivity index (χ1v) is 9.57. The first-order chi connectivity index (χ1) is 13.5. The Labute approximate surface area is 165 Å². The monoisotopic (exact) mass is 381 g/mol. The van der Waals surface area contributed by atoms with E-state index in [1.165, 1.54) is 5.56 Å². The van der Waals surface area contributed by atoms with Gasteiger partial charge in [-0.05, 0) is 35.6 Å². The molecule has 1 heterocycles. The van der Waals surface area contributed by atoms with Crippen LogP contribution in [0.15, 0.2) is 48.5 Å². The van der Waals surface area contributed by atoms with Gasteiger partial charge in [0.05, 0.1) is 6.61 Å². The van der Waals surface area contributed by atoms with E-state index in [-0.39, 0.29) is 18.0 Å². The number of amides is 3. The number of urea groups is 1. The fraction of sp³-hybridized carbons (Fsp3) is 0.364. The van der Waals surface area contributed by atoms with Crippen molar-refractivity contribution in [3.8, 4) is 0 Å². The predicted molar refractivity (Wildman–Crippen MR) is 109 cm³/mol. The number of hydrogen-bond acceptors (Lipinski definition) is 3. The molecule has 0 saturated carbocycles. The molecule has 2 N–H and O–H groups in total. The van der Waals surface area contributed by atoms with E-state index < -0.39 is 0 Å². The number of ether oxygens (including phenoxy) is 1. The van der Waals surface area contributed by atoms with E-state index in [9.17, 15) is 9.59 Å². The molecule has 1 aliphatic heterocycles. The van der Waals surface area contributed by atoms with Gasteiger partial charge < -0.3 is 20.3 Å². The van der Waals surface area contributed by atoms with Crippen LogP contribution < -0.4 is 10.6 Å². The van der Waals surface area contributed by atoms with E-state index in [1.807, 2.05) is 36.4 Å². The van der Waals surface area contributed by atoms with Crippen molar-refractivity contribution in [3.63, 3.8) is 0 Å². The summed E-state index contributed by atoms with van der Waals surface area (Å²) in [7, 11) is 3.48. The fourth-order valence-electron chi connectivity index (χ4n) is 3.32. The largest absolute Gasteiger partial charge is 0.371 e. The molecule has 6 nitrogen and oxygen atoms in total. The maximum atomic E-state index is 12.4. The molecule has 0 aromatic heterocycles. The Hall–Kier alpha value is -2.86. The van der Waals surface area contributed by atoms with Gasteiger partial charge in [-0.3, -0.25) is 4.79 Å². The molecule has 0 radical (unpaired) electrons. The average Bonchev–Trinajstić information content (AvgIpc) is 2.71. The topological polar surface area (TPSA) is 70.7 Å². The zero-order valence-corrected chi connectivity index (χ0v) is 16.4. The maximum absolute atomic E-state index is 12.4. The second-order valence-electron chi connectivity index (χ2n) is 7.09. The molecule has 0 aliphatic carbocycles. The molecule has 0 bridgehead atoms. The van der Waals surface area contributed by atoms with Crippen LogP contribution in [0.4, 0.5) is 10.5 Å². The molecule has 0 spiro atoms. The second kappa shape index (κ2) is 9.37. The number of benzene rings is 2. The lowest BCUT2D eigenvalue weighted by Gasteiger charge is -2.26. The van der Waals surface area contributed by atoms with Crippen LogP contribution in [-0.2, 0) is 22.4 Å². The standard InChI is InChI=1S/C22H27N3O3/c1-25(2)21(26)12-11-17-8-4-6-10-19(17)24-22(27)23-15-20-18-9-5-3-7-16(18)13-14-28-20/h3-10,20H,11-15H2,1-2H3,(H2,23,24,27). The van der Waals surface area contributed by atoms with E-state index in [4.69, 9.17) is 4.74 Å². The van der Waals surface area contributed by atoms with E-state index in [2.05, 4.69) is 22.8 Å². The third-order valence-electron chi connectivity index (χ3n) is 4.91. The normalized spacial score (nSPS) is 15.4. The number of aryl methyl sites for hydroxylation is 1. The van der Waals surface area contributed by atoms with Crippen LogP contribution in [0.5, 0.6) is 0 Å². The molecular weight excluding hydrogens is 354 g/mol. The fourth-order valence-corrected chi connectivity index (χ4v) is 3.32. The number of rotatable bonds is 6. The lowest BCUT2D eigenvalue weighted by Crippen LogP contribution is -2.35. The Kier molecular flexibility index (Phi) is 6.66. The zero-order valence-electron chi connectivity index (χ0n) is 16.4. The number of nitrogens with one attached hydrogen (secondary N) is 2. The van der Waals surface area contributed by atoms with Crippen molar-refractivity contribution in [2.24, 2.45) is 0 Å². The highest BCUT2D eigenvalue weighted by molar-refractivity contribution is 5.90. The van der Waals surface area contributed by atoms with Gasteiger partial charge in [-0.2, -0.15) is 0 Å². The summed E-state index contributed by atoms with van der Waals surface area (Å²) in [6, 6.07) is 15.5. The Morgan fingerprint density at radius 3 is 2.68 bits per heavy atom. The maximum Gasteiger partial charge on any atom is 0.319 e. The summed E-state index contributed by atoms with van der Waals surface area (Å²) in [5.74, 6) is 0.0624. The molecule has 28 heavy (non-hydrogen) atoms. The SMILES string of the molecule is CN(C)C(=O)CCc1ccccc1NC(=O)NCC1OCCc2ccccc21. The van der Waals surface area contributed by atoms with Gasteiger partial charge in [-0.25, -0.2) is 4.79 Å². The summed E-state index contributed by atoms with van der Waals surface area (Å²) >= 11 is 0. The van der Waals surface area contributed by atoms with E-state index >= 15 is 0 Å². The summed E-state index contributed by atoms with van der Waals surface area (Å²) in [6.07, 6.45) is 1.74. The molecule has 6 heteroatoms. The zero-order chi connectivity index (χ0) is 19.9. The summed E-state index contributed by atoms with van der Waals surface area (Å²) < 4.78 is 5.83. The highest BCUT2D eigenvalue weighted by atomic mass is 16.5. The van der Waals surface area contributed by atoms with Crippen molar-refractivity contribution in [3.05, 3.63) is 65.2 Å². The summed E-state index contributed by atoms with van der Waals surface area (Å²) in [6.45, 7) is 1.07. The van der Waals surface area contributed by atoms with Crippen molar-refractivity contribution >= 4 is 17.6 Å². The van der Waals surface area contributed by atoms with Gasteiger partial charge in [-0.1, -0.05) is 42.5 Å². The minimum Gasteiger partial charge on any atom is -0.371 e. The molecule has 1 aliphatic rings. The minimum absolute atomic E-state index is 0.0624. The number of nitrogens with zero attached hydrogens (tertiary/aromatic N) is 1. The smallest absolute Gasteiger partial charge is 0.319 e. The summed E-state index contributed by atoms with van der Waals surface area (Å²) in [5.41, 5.74) is 4.07. The first-order valence-electron chi connectivity index (χ1n) is 9.57. The molecule has 148 valence electrons. The summed E-state index contributed by atoms with van der Waals surface area (Å²) in [5, 5.41) is 5.80. The first kappa shape index (κ1) is 19.9. The third kappa shape index (κ3) is 5.10. The summed E-state index contributed by atoms with van der Waals surface area (Å²) in [4.78, 5) is 25.8. The number of para-hydroxylation sites is 1. The van der Waals surface area contributed by atoms with Crippen LogP contribution in [0, 0.1) is 0 Å². The van der Waals surface area contributed by atoms with Crippen LogP contribution in [0.25, 0.3) is 0 Å². The van der Waals surface area contributed by atoms with Crippen molar-refractivity contribution in [2.75, 3.05) is 32.6 Å². The van der Waals surface area contributed by atoms with Gasteiger partial charge in [0.2, 0.25) is 5.91 Å². The van der Waals surface area contributed by atoms with Gasteiger partial charge in [0.25, 0.3) is 0 Å². The minimum atomic E-state index is -0.280. The molecule has 3 amide bonds. The van der Waals surface area contributed by atoms with E-state index in [1.54, 1.807) is 19.0 Å². The number of carbonyl (C=O) groups excluding carboxylic acids is 2. The molecule has 2 aromatic carbocycles. The Morgan fingerprint density at radius 1 is 1.11 bits per heavy atom. The molecule has 0 saturated heterocycles. The molecule has 1 unspecified atom stereocenters. The van der Waals surface area contributed by atoms with Gasteiger partial charge in [0, 0.05) is 32.7 Å². The number of carbonyl (C=O) groups is 2. The van der Waals surface area contributed by atoms with Crippen LogP contribution in [-0.4, -0.2) is 44.1 Å². The van der Waals surface area contributed by atoms with Gasteiger partial charge >= 0.3 is 6.03 Å². The molecule has 3 rings (SSSR count). The third-order valence-corrected chi connectivity index (χ3v) is 4.91. The average molecular weight is 381 g/mol. The van der Waals surface area contributed by atoms with Gasteiger partial charge in [0.1, 0.15) is 6.10 Å². The van der Waals surface area contributed by atoms with Crippen molar-refractivity contribution in [1.29, 1.82) is 0 Å². The molecule has 0 fully saturated rings. The lowest BCUT2D eigenvalue weighted by molar-refractivity contribution is -0.128.